The Morgan fingerprint density at radius 1 is 0.675 bits per heavy atom. The van der Waals surface area contributed by atoms with Crippen molar-refractivity contribution in [1.82, 2.24) is 19.7 Å². The summed E-state index contributed by atoms with van der Waals surface area (Å²) >= 11 is 0. The molecule has 5 aromatic rings. The van der Waals surface area contributed by atoms with E-state index in [2.05, 4.69) is 9.97 Å². The molecule has 204 valence electrons. The van der Waals surface area contributed by atoms with Gasteiger partial charge in [0.15, 0.2) is 17.2 Å². The maximum absolute atomic E-state index is 14.1. The lowest BCUT2D eigenvalue weighted by atomic mass is 10.0. The fourth-order valence-corrected chi connectivity index (χ4v) is 4.49. The van der Waals surface area contributed by atoms with Crippen LogP contribution in [0.5, 0.6) is 11.5 Å². The van der Waals surface area contributed by atoms with Gasteiger partial charge in [0.1, 0.15) is 0 Å². The molecule has 0 aliphatic rings. The first-order valence-electron chi connectivity index (χ1n) is 12.5. The Labute approximate surface area is 230 Å². The van der Waals surface area contributed by atoms with Crippen molar-refractivity contribution in [3.63, 3.8) is 0 Å². The van der Waals surface area contributed by atoms with Crippen LogP contribution in [0.3, 0.4) is 0 Å². The van der Waals surface area contributed by atoms with Crippen LogP contribution in [0.25, 0.3) is 39.7 Å². The zero-order valence-electron chi connectivity index (χ0n) is 22.7. The van der Waals surface area contributed by atoms with Gasteiger partial charge in [0, 0.05) is 22.3 Å². The van der Waals surface area contributed by atoms with E-state index in [9.17, 15) is 13.2 Å². The van der Waals surface area contributed by atoms with Gasteiger partial charge in [0.05, 0.1) is 31.3 Å². The molecular weight excluding hydrogens is 517 g/mol. The van der Waals surface area contributed by atoms with Crippen molar-refractivity contribution in [1.29, 1.82) is 0 Å². The number of alkyl halides is 3. The van der Waals surface area contributed by atoms with Gasteiger partial charge in [-0.15, -0.1) is 0 Å². The van der Waals surface area contributed by atoms with Gasteiger partial charge in [-0.3, -0.25) is 0 Å². The summed E-state index contributed by atoms with van der Waals surface area (Å²) in [5.41, 5.74) is 5.17. The monoisotopic (exact) mass is 544 g/mol. The highest BCUT2D eigenvalue weighted by Gasteiger charge is 2.35. The molecule has 0 atom stereocenters. The minimum absolute atomic E-state index is 0.0678. The Bertz CT molecular complexity index is 1680. The molecule has 2 heterocycles. The van der Waals surface area contributed by atoms with E-state index in [4.69, 9.17) is 14.6 Å². The number of hydrogen-bond donors (Lipinski definition) is 0. The number of rotatable bonds is 6. The smallest absolute Gasteiger partial charge is 0.433 e. The summed E-state index contributed by atoms with van der Waals surface area (Å²) in [5.74, 6) is 0.617. The summed E-state index contributed by atoms with van der Waals surface area (Å²) < 4.78 is 54.4. The molecular formula is C31H27F3N4O2. The van der Waals surface area contributed by atoms with Crippen LogP contribution in [-0.4, -0.2) is 34.0 Å². The second kappa shape index (κ2) is 10.5. The Hall–Kier alpha value is -4.66. The number of benzene rings is 3. The van der Waals surface area contributed by atoms with Crippen molar-refractivity contribution in [2.75, 3.05) is 14.2 Å². The number of aromatic nitrogens is 4. The van der Waals surface area contributed by atoms with E-state index in [1.807, 2.05) is 69.3 Å². The van der Waals surface area contributed by atoms with Crippen molar-refractivity contribution in [2.45, 2.75) is 26.9 Å². The van der Waals surface area contributed by atoms with Gasteiger partial charge >= 0.3 is 6.18 Å². The van der Waals surface area contributed by atoms with Crippen LogP contribution in [0.2, 0.25) is 0 Å². The minimum atomic E-state index is -4.71. The van der Waals surface area contributed by atoms with Gasteiger partial charge in [0.25, 0.3) is 5.95 Å². The van der Waals surface area contributed by atoms with Gasteiger partial charge < -0.3 is 9.47 Å². The third kappa shape index (κ3) is 5.14. The normalized spacial score (nSPS) is 11.5. The zero-order chi connectivity index (χ0) is 28.6. The van der Waals surface area contributed by atoms with E-state index in [-0.39, 0.29) is 11.6 Å². The molecule has 0 spiro atoms. The molecule has 0 aliphatic heterocycles. The molecule has 6 nitrogen and oxygen atoms in total. The molecule has 0 bridgehead atoms. The molecule has 9 heteroatoms. The van der Waals surface area contributed by atoms with Crippen LogP contribution in [0.4, 0.5) is 13.2 Å². The Morgan fingerprint density at radius 2 is 1.25 bits per heavy atom. The van der Waals surface area contributed by atoms with Crippen molar-refractivity contribution in [3.05, 3.63) is 95.2 Å². The van der Waals surface area contributed by atoms with Crippen LogP contribution < -0.4 is 9.47 Å². The van der Waals surface area contributed by atoms with Crippen LogP contribution in [0.15, 0.2) is 72.8 Å². The summed E-state index contributed by atoms with van der Waals surface area (Å²) in [7, 11) is 2.95. The van der Waals surface area contributed by atoms with Gasteiger partial charge in [-0.05, 0) is 45.0 Å². The highest BCUT2D eigenvalue weighted by atomic mass is 19.4. The van der Waals surface area contributed by atoms with Gasteiger partial charge in [-0.25, -0.2) is 9.97 Å². The molecule has 3 aromatic carbocycles. The van der Waals surface area contributed by atoms with Crippen molar-refractivity contribution < 1.29 is 22.6 Å². The topological polar surface area (TPSA) is 62.1 Å². The second-order valence-corrected chi connectivity index (χ2v) is 9.47. The van der Waals surface area contributed by atoms with Crippen LogP contribution in [-0.2, 0) is 6.18 Å². The van der Waals surface area contributed by atoms with Gasteiger partial charge in [0.2, 0.25) is 0 Å². The average molecular weight is 545 g/mol. The third-order valence-corrected chi connectivity index (χ3v) is 6.65. The van der Waals surface area contributed by atoms with E-state index in [1.165, 1.54) is 18.9 Å². The first kappa shape index (κ1) is 26.9. The molecule has 40 heavy (non-hydrogen) atoms. The minimum Gasteiger partial charge on any atom is -0.493 e. The second-order valence-electron chi connectivity index (χ2n) is 9.47. The third-order valence-electron chi connectivity index (χ3n) is 6.65. The largest absolute Gasteiger partial charge is 0.493 e. The standard InChI is InChI=1S/C31H27F3N4O2/c1-18-6-10-21(11-7-18)28-20(3)29(22-12-8-19(2)9-13-22)38(37-28)30-35-24(17-27(36-30)31(32,33)34)23-14-15-25(39-4)26(16-23)40-5/h6-17H,1-5H3. The highest BCUT2D eigenvalue weighted by molar-refractivity contribution is 5.76. The summed E-state index contributed by atoms with van der Waals surface area (Å²) in [6.07, 6.45) is -4.71. The van der Waals surface area contributed by atoms with Crippen molar-refractivity contribution >= 4 is 0 Å². The van der Waals surface area contributed by atoms with Gasteiger partial charge in [-0.1, -0.05) is 59.7 Å². The van der Waals surface area contributed by atoms with Crippen molar-refractivity contribution in [2.24, 2.45) is 0 Å². The van der Waals surface area contributed by atoms with E-state index < -0.39 is 11.9 Å². The molecule has 5 rings (SSSR count). The number of methoxy groups -OCH3 is 2. The summed E-state index contributed by atoms with van der Waals surface area (Å²) in [5, 5.41) is 4.78. The quantitative estimate of drug-likeness (QED) is 0.220. The molecule has 0 aliphatic carbocycles. The molecule has 0 unspecified atom stereocenters. The Morgan fingerprint density at radius 3 is 1.82 bits per heavy atom. The van der Waals surface area contributed by atoms with E-state index >= 15 is 0 Å². The zero-order valence-corrected chi connectivity index (χ0v) is 22.7. The molecule has 0 fully saturated rings. The fraction of sp³-hybridized carbons (Fsp3) is 0.194. The van der Waals surface area contributed by atoms with Crippen LogP contribution in [0, 0.1) is 20.8 Å². The SMILES string of the molecule is COc1ccc(-c2cc(C(F)(F)F)nc(-n3nc(-c4ccc(C)cc4)c(C)c3-c3ccc(C)cc3)n2)cc1OC. The van der Waals surface area contributed by atoms with Crippen molar-refractivity contribution in [3.8, 4) is 51.2 Å². The molecule has 0 N–H and O–H groups in total. The summed E-state index contributed by atoms with van der Waals surface area (Å²) in [6.45, 7) is 5.85. The lowest BCUT2D eigenvalue weighted by Gasteiger charge is -2.14. The summed E-state index contributed by atoms with van der Waals surface area (Å²) in [4.78, 5) is 8.53. The maximum Gasteiger partial charge on any atom is 0.433 e. The predicted octanol–water partition coefficient (Wildman–Crippen LogP) is 7.62. The first-order chi connectivity index (χ1) is 19.1. The number of hydrogen-bond acceptors (Lipinski definition) is 5. The van der Waals surface area contributed by atoms with Crippen LogP contribution in [0.1, 0.15) is 22.4 Å². The van der Waals surface area contributed by atoms with Gasteiger partial charge in [-0.2, -0.15) is 23.0 Å². The lowest BCUT2D eigenvalue weighted by molar-refractivity contribution is -0.141. The van der Waals surface area contributed by atoms with Crippen LogP contribution >= 0.6 is 0 Å². The first-order valence-corrected chi connectivity index (χ1v) is 12.5. The molecule has 0 amide bonds. The number of aryl methyl sites for hydroxylation is 2. The average Bonchev–Trinajstić information content (AvgIpc) is 3.29. The summed E-state index contributed by atoms with van der Waals surface area (Å²) in [6, 6.07) is 21.3. The molecule has 0 saturated carbocycles. The van der Waals surface area contributed by atoms with E-state index in [0.29, 0.717) is 28.5 Å². The number of ether oxygens (including phenoxy) is 2. The predicted molar refractivity (Wildman–Crippen MR) is 148 cm³/mol. The van der Waals surface area contributed by atoms with E-state index in [1.54, 1.807) is 18.2 Å². The Balaban J connectivity index is 1.78. The fourth-order valence-electron chi connectivity index (χ4n) is 4.49. The number of nitrogens with zero attached hydrogens (tertiary/aromatic N) is 4. The molecule has 0 radical (unpaired) electrons. The lowest BCUT2D eigenvalue weighted by Crippen LogP contribution is -2.14. The maximum atomic E-state index is 14.1. The molecule has 0 saturated heterocycles. The Kier molecular flexibility index (Phi) is 7.06. The molecule has 2 aromatic heterocycles. The highest BCUT2D eigenvalue weighted by Crippen LogP contribution is 2.37. The van der Waals surface area contributed by atoms with E-state index in [0.717, 1.165) is 33.9 Å². The number of halogens is 3.